The number of likely N-dealkylation sites (tertiary alicyclic amines) is 1. The fourth-order valence-corrected chi connectivity index (χ4v) is 3.67. The van der Waals surface area contributed by atoms with E-state index in [-0.39, 0.29) is 18.4 Å². The van der Waals surface area contributed by atoms with Crippen molar-refractivity contribution >= 4 is 29.4 Å². The van der Waals surface area contributed by atoms with Gasteiger partial charge in [-0.2, -0.15) is 0 Å². The van der Waals surface area contributed by atoms with Crippen LogP contribution >= 0.6 is 0 Å². The van der Waals surface area contributed by atoms with Crippen LogP contribution in [0.5, 0.6) is 11.5 Å². The highest BCUT2D eigenvalue weighted by Gasteiger charge is 2.26. The fraction of sp³-hybridized carbons (Fsp3) is 0.364. The molecule has 168 valence electrons. The first-order valence-electron chi connectivity index (χ1n) is 10.5. The monoisotopic (exact) mass is 439 g/mol. The molecule has 1 saturated heterocycles. The summed E-state index contributed by atoms with van der Waals surface area (Å²) < 4.78 is 10.9. The van der Waals surface area contributed by atoms with Crippen LogP contribution in [-0.2, 0) is 9.59 Å². The first kappa shape index (κ1) is 21.6. The lowest BCUT2D eigenvalue weighted by Crippen LogP contribution is -2.45. The maximum Gasteiger partial charge on any atom is 0.325 e. The fourth-order valence-electron chi connectivity index (χ4n) is 3.67. The Morgan fingerprint density at radius 2 is 1.78 bits per heavy atom. The van der Waals surface area contributed by atoms with Gasteiger partial charge in [-0.25, -0.2) is 9.78 Å². The van der Waals surface area contributed by atoms with Crippen molar-refractivity contribution < 1.29 is 23.9 Å². The van der Waals surface area contributed by atoms with Gasteiger partial charge in [0.25, 0.3) is 0 Å². The number of ether oxygens (including phenoxy) is 2. The number of nitrogens with one attached hydrogen (secondary N) is 3. The molecule has 2 aliphatic heterocycles. The van der Waals surface area contributed by atoms with Crippen LogP contribution in [0.4, 0.5) is 16.3 Å². The molecule has 3 N–H and O–H groups in total. The highest BCUT2D eigenvalue weighted by Crippen LogP contribution is 2.32. The average Bonchev–Trinajstić information content (AvgIpc) is 2.80. The summed E-state index contributed by atoms with van der Waals surface area (Å²) in [7, 11) is 0. The number of rotatable bonds is 5. The number of anilines is 2. The Balaban J connectivity index is 1.19. The lowest BCUT2D eigenvalue weighted by atomic mass is 9.96. The minimum absolute atomic E-state index is 0.0633. The molecule has 0 radical (unpaired) electrons. The molecule has 0 unspecified atom stereocenters. The first-order chi connectivity index (χ1) is 15.6. The van der Waals surface area contributed by atoms with Crippen LogP contribution in [0.1, 0.15) is 12.8 Å². The van der Waals surface area contributed by atoms with Crippen molar-refractivity contribution in [2.24, 2.45) is 5.92 Å². The van der Waals surface area contributed by atoms with E-state index in [4.69, 9.17) is 9.47 Å². The molecular weight excluding hydrogens is 414 g/mol. The molecule has 1 aromatic carbocycles. The van der Waals surface area contributed by atoms with Gasteiger partial charge in [-0.05, 0) is 50.2 Å². The third kappa shape index (κ3) is 5.73. The minimum Gasteiger partial charge on any atom is -0.486 e. The van der Waals surface area contributed by atoms with Crippen molar-refractivity contribution in [2.75, 3.05) is 43.5 Å². The van der Waals surface area contributed by atoms with E-state index in [1.165, 1.54) is 0 Å². The summed E-state index contributed by atoms with van der Waals surface area (Å²) in [6.45, 7) is 2.21. The van der Waals surface area contributed by atoms with Crippen molar-refractivity contribution in [2.45, 2.75) is 12.8 Å². The van der Waals surface area contributed by atoms with Crippen molar-refractivity contribution in [3.05, 3.63) is 42.6 Å². The number of benzene rings is 1. The van der Waals surface area contributed by atoms with Gasteiger partial charge in [0.15, 0.2) is 11.5 Å². The number of fused-ring (bicyclic) bond motifs is 1. The smallest absolute Gasteiger partial charge is 0.325 e. The van der Waals surface area contributed by atoms with Gasteiger partial charge >= 0.3 is 6.03 Å². The normalized spacial score (nSPS) is 16.1. The number of hydrogen-bond donors (Lipinski definition) is 3. The lowest BCUT2D eigenvalue weighted by Gasteiger charge is -2.30. The van der Waals surface area contributed by atoms with E-state index >= 15 is 0 Å². The van der Waals surface area contributed by atoms with Crippen molar-refractivity contribution in [1.29, 1.82) is 0 Å². The number of pyridine rings is 1. The number of carbonyl (C=O) groups is 3. The largest absolute Gasteiger partial charge is 0.486 e. The summed E-state index contributed by atoms with van der Waals surface area (Å²) in [4.78, 5) is 42.8. The van der Waals surface area contributed by atoms with Gasteiger partial charge in [-0.3, -0.25) is 19.8 Å². The van der Waals surface area contributed by atoms with Gasteiger partial charge in [0.2, 0.25) is 11.8 Å². The molecule has 4 amide bonds. The molecule has 0 atom stereocenters. The number of amides is 4. The van der Waals surface area contributed by atoms with Crippen LogP contribution in [0, 0.1) is 5.92 Å². The molecule has 2 aliphatic rings. The number of urea groups is 1. The van der Waals surface area contributed by atoms with Gasteiger partial charge in [0.1, 0.15) is 19.0 Å². The Labute approximate surface area is 185 Å². The van der Waals surface area contributed by atoms with Crippen LogP contribution in [0.25, 0.3) is 0 Å². The highest BCUT2D eigenvalue weighted by atomic mass is 16.6. The van der Waals surface area contributed by atoms with E-state index in [2.05, 4.69) is 20.9 Å². The van der Waals surface area contributed by atoms with Crippen LogP contribution in [0.3, 0.4) is 0 Å². The quantitative estimate of drug-likeness (QED) is 0.650. The number of piperidine rings is 1. The molecule has 0 spiro atoms. The van der Waals surface area contributed by atoms with Crippen molar-refractivity contribution in [3.8, 4) is 11.5 Å². The number of carbonyl (C=O) groups excluding carboxylic acids is 3. The van der Waals surface area contributed by atoms with Gasteiger partial charge in [0.05, 0.1) is 6.54 Å². The topological polar surface area (TPSA) is 122 Å². The zero-order valence-electron chi connectivity index (χ0n) is 17.5. The third-order valence-corrected chi connectivity index (χ3v) is 5.29. The Morgan fingerprint density at radius 1 is 1.00 bits per heavy atom. The van der Waals surface area contributed by atoms with E-state index in [1.807, 2.05) is 11.0 Å². The standard InChI is InChI=1S/C22H25N5O5/c28-20(26-22(30)24-16-4-5-17-18(13-16)32-12-11-31-17)14-27-9-6-15(7-10-27)21(29)25-19-3-1-2-8-23-19/h1-5,8,13,15H,6-7,9-12,14H2,(H,23,25,29)(H2,24,26,28,30). The second-order valence-electron chi connectivity index (χ2n) is 7.62. The zero-order valence-corrected chi connectivity index (χ0v) is 17.5. The average molecular weight is 439 g/mol. The molecule has 1 fully saturated rings. The molecule has 3 heterocycles. The summed E-state index contributed by atoms with van der Waals surface area (Å²) in [5, 5.41) is 7.77. The van der Waals surface area contributed by atoms with Gasteiger partial charge < -0.3 is 20.1 Å². The SMILES string of the molecule is O=C(CN1CCC(C(=O)Nc2ccccn2)CC1)NC(=O)Nc1ccc2c(c1)OCCO2. The Hall–Kier alpha value is -3.66. The predicted octanol–water partition coefficient (Wildman–Crippen LogP) is 1.85. The number of hydrogen-bond acceptors (Lipinski definition) is 7. The maximum atomic E-state index is 12.4. The maximum absolute atomic E-state index is 12.4. The molecule has 10 heteroatoms. The molecule has 0 saturated carbocycles. The molecule has 1 aromatic heterocycles. The molecule has 32 heavy (non-hydrogen) atoms. The molecule has 0 bridgehead atoms. The van der Waals surface area contributed by atoms with Crippen LogP contribution in [0.2, 0.25) is 0 Å². The van der Waals surface area contributed by atoms with Crippen LogP contribution in [-0.4, -0.2) is 60.6 Å². The summed E-state index contributed by atoms with van der Waals surface area (Å²) in [6, 6.07) is 9.77. The molecule has 10 nitrogen and oxygen atoms in total. The van der Waals surface area contributed by atoms with E-state index in [0.29, 0.717) is 62.1 Å². The van der Waals surface area contributed by atoms with Gasteiger partial charge in [-0.15, -0.1) is 0 Å². The summed E-state index contributed by atoms with van der Waals surface area (Å²) in [6.07, 6.45) is 2.89. The Bertz CT molecular complexity index is 976. The summed E-state index contributed by atoms with van der Waals surface area (Å²) in [5.74, 6) is 1.10. The lowest BCUT2D eigenvalue weighted by molar-refractivity contribution is -0.122. The molecular formula is C22H25N5O5. The van der Waals surface area contributed by atoms with Crippen LogP contribution in [0.15, 0.2) is 42.6 Å². The van der Waals surface area contributed by atoms with Gasteiger partial charge in [-0.1, -0.05) is 6.07 Å². The highest BCUT2D eigenvalue weighted by molar-refractivity contribution is 6.02. The van der Waals surface area contributed by atoms with Crippen LogP contribution < -0.4 is 25.4 Å². The predicted molar refractivity (Wildman–Crippen MR) is 117 cm³/mol. The van der Waals surface area contributed by atoms with E-state index < -0.39 is 11.9 Å². The van der Waals surface area contributed by atoms with Gasteiger partial charge in [0, 0.05) is 23.9 Å². The Kier molecular flexibility index (Phi) is 6.81. The van der Waals surface area contributed by atoms with E-state index in [0.717, 1.165) is 0 Å². The summed E-state index contributed by atoms with van der Waals surface area (Å²) in [5.41, 5.74) is 0.499. The van der Waals surface area contributed by atoms with E-state index in [1.54, 1.807) is 36.5 Å². The zero-order chi connectivity index (χ0) is 22.3. The van der Waals surface area contributed by atoms with Crippen molar-refractivity contribution in [1.82, 2.24) is 15.2 Å². The molecule has 4 rings (SSSR count). The molecule has 2 aromatic rings. The molecule has 0 aliphatic carbocycles. The second-order valence-corrected chi connectivity index (χ2v) is 7.62. The third-order valence-electron chi connectivity index (χ3n) is 5.29. The number of imide groups is 1. The number of aromatic nitrogens is 1. The summed E-state index contributed by atoms with van der Waals surface area (Å²) >= 11 is 0. The second kappa shape index (κ2) is 10.1. The van der Waals surface area contributed by atoms with E-state index in [9.17, 15) is 14.4 Å². The number of nitrogens with zero attached hydrogens (tertiary/aromatic N) is 2. The van der Waals surface area contributed by atoms with Crippen molar-refractivity contribution in [3.63, 3.8) is 0 Å². The Morgan fingerprint density at radius 3 is 2.53 bits per heavy atom. The minimum atomic E-state index is -0.615. The first-order valence-corrected chi connectivity index (χ1v) is 10.5.